The van der Waals surface area contributed by atoms with E-state index in [1.54, 1.807) is 0 Å². The molecule has 0 aliphatic rings. The van der Waals surface area contributed by atoms with Gasteiger partial charge in [-0.2, -0.15) is 0 Å². The van der Waals surface area contributed by atoms with Crippen LogP contribution in [-0.2, 0) is 0 Å². The molecule has 0 radical (unpaired) electrons. The first-order valence-electron chi connectivity index (χ1n) is 20.1. The maximum atomic E-state index is 2.34. The molecule has 2 nitrogen and oxygen atoms in total. The van der Waals surface area contributed by atoms with Crippen molar-refractivity contribution in [3.63, 3.8) is 0 Å². The van der Waals surface area contributed by atoms with Crippen molar-refractivity contribution >= 4 is 46.3 Å². The van der Waals surface area contributed by atoms with Gasteiger partial charge in [0.05, 0.1) is 0 Å². The molecule has 58 heavy (non-hydrogen) atoms. The summed E-state index contributed by atoms with van der Waals surface area (Å²) >= 11 is 0. The van der Waals surface area contributed by atoms with E-state index in [2.05, 4.69) is 245 Å². The van der Waals surface area contributed by atoms with Crippen LogP contribution in [0.15, 0.2) is 182 Å². The number of anilines is 6. The van der Waals surface area contributed by atoms with Crippen molar-refractivity contribution < 1.29 is 0 Å². The number of hydrogen-bond acceptors (Lipinski definition) is 2. The summed E-state index contributed by atoms with van der Waals surface area (Å²) in [6.07, 6.45) is 4.37. The van der Waals surface area contributed by atoms with Crippen molar-refractivity contribution in [2.24, 2.45) is 0 Å². The zero-order valence-electron chi connectivity index (χ0n) is 34.4. The minimum atomic E-state index is 1.14. The maximum absolute atomic E-state index is 2.34. The summed E-state index contributed by atoms with van der Waals surface area (Å²) in [5, 5.41) is 0. The first-order chi connectivity index (χ1) is 28.1. The molecule has 0 saturated carbocycles. The highest BCUT2D eigenvalue weighted by atomic mass is 15.1. The van der Waals surface area contributed by atoms with Gasteiger partial charge in [0.25, 0.3) is 0 Å². The maximum Gasteiger partial charge on any atom is 0.0466 e. The third-order valence-corrected chi connectivity index (χ3v) is 10.7. The van der Waals surface area contributed by atoms with Gasteiger partial charge in [0.2, 0.25) is 0 Å². The third-order valence-electron chi connectivity index (χ3n) is 10.7. The number of benzene rings is 8. The normalized spacial score (nSPS) is 11.2. The Hall–Kier alpha value is -6.90. The second kappa shape index (κ2) is 16.7. The average molecular weight is 751 g/mol. The molecule has 0 fully saturated rings. The van der Waals surface area contributed by atoms with Gasteiger partial charge in [0.15, 0.2) is 0 Å². The van der Waals surface area contributed by atoms with Crippen LogP contribution in [0.4, 0.5) is 34.1 Å². The van der Waals surface area contributed by atoms with Crippen LogP contribution in [0.2, 0.25) is 0 Å². The second-order valence-electron chi connectivity index (χ2n) is 15.7. The van der Waals surface area contributed by atoms with E-state index in [1.165, 1.54) is 78.1 Å². The van der Waals surface area contributed by atoms with Gasteiger partial charge < -0.3 is 9.80 Å². The molecule has 0 heterocycles. The second-order valence-corrected chi connectivity index (χ2v) is 15.7. The van der Waals surface area contributed by atoms with E-state index in [1.807, 2.05) is 0 Å². The lowest BCUT2D eigenvalue weighted by molar-refractivity contribution is 1.25. The van der Waals surface area contributed by atoms with E-state index >= 15 is 0 Å². The fourth-order valence-electron chi connectivity index (χ4n) is 7.81. The number of aryl methyl sites for hydroxylation is 6. The van der Waals surface area contributed by atoms with Gasteiger partial charge in [-0.3, -0.25) is 0 Å². The first-order valence-corrected chi connectivity index (χ1v) is 20.1. The Morgan fingerprint density at radius 3 is 0.759 bits per heavy atom. The molecule has 0 unspecified atom stereocenters. The van der Waals surface area contributed by atoms with Crippen LogP contribution < -0.4 is 9.80 Å². The summed E-state index contributed by atoms with van der Waals surface area (Å²) in [5.41, 5.74) is 21.6. The monoisotopic (exact) mass is 750 g/mol. The minimum Gasteiger partial charge on any atom is -0.310 e. The standard InChI is InChI=1S/C56H50N2/c1-39-7-25-51(26-8-39)57(55-35-41(3)33-42(4)36-55)53-29-21-49(22-30-53)47-17-13-45(14-18-47)11-12-46-15-19-48(20-16-46)50-23-31-54(32-24-50)58(52-27-9-40(2)10-28-52)56-37-43(5)34-44(6)38-56/h7-38H,1-6H3/b12-11+. The van der Waals surface area contributed by atoms with Gasteiger partial charge >= 0.3 is 0 Å². The van der Waals surface area contributed by atoms with Gasteiger partial charge in [-0.25, -0.2) is 0 Å². The molecular weight excluding hydrogens is 701 g/mol. The SMILES string of the molecule is Cc1ccc(N(c2ccc(-c3ccc(/C=C/c4ccc(-c5ccc(N(c6ccc(C)cc6)c6cc(C)cc(C)c6)cc5)cc4)cc3)cc2)c2cc(C)cc(C)c2)cc1. The summed E-state index contributed by atoms with van der Waals surface area (Å²) in [4.78, 5) is 4.68. The molecule has 0 amide bonds. The Bertz CT molecular complexity index is 2440. The smallest absolute Gasteiger partial charge is 0.0466 e. The molecule has 284 valence electrons. The number of hydrogen-bond donors (Lipinski definition) is 0. The van der Waals surface area contributed by atoms with E-state index in [0.29, 0.717) is 0 Å². The Kier molecular flexibility index (Phi) is 10.9. The molecule has 0 N–H and O–H groups in total. The molecule has 0 saturated heterocycles. The predicted molar refractivity (Wildman–Crippen MR) is 250 cm³/mol. The van der Waals surface area contributed by atoms with E-state index in [9.17, 15) is 0 Å². The molecule has 0 aliphatic heterocycles. The molecule has 8 aromatic rings. The lowest BCUT2D eigenvalue weighted by atomic mass is 10.0. The van der Waals surface area contributed by atoms with Crippen LogP contribution in [0.25, 0.3) is 34.4 Å². The van der Waals surface area contributed by atoms with E-state index in [4.69, 9.17) is 0 Å². The summed E-state index contributed by atoms with van der Waals surface area (Å²) in [6, 6.07) is 66.5. The molecule has 0 atom stereocenters. The van der Waals surface area contributed by atoms with Crippen molar-refractivity contribution in [2.45, 2.75) is 41.5 Å². The van der Waals surface area contributed by atoms with E-state index < -0.39 is 0 Å². The predicted octanol–water partition coefficient (Wildman–Crippen LogP) is 16.0. The molecular formula is C56H50N2. The highest BCUT2D eigenvalue weighted by molar-refractivity contribution is 5.81. The zero-order chi connectivity index (χ0) is 40.2. The van der Waals surface area contributed by atoms with Crippen molar-refractivity contribution in [2.75, 3.05) is 9.80 Å². The topological polar surface area (TPSA) is 6.48 Å². The number of nitrogens with zero attached hydrogens (tertiary/aromatic N) is 2. The van der Waals surface area contributed by atoms with Crippen LogP contribution in [-0.4, -0.2) is 0 Å². The Morgan fingerprint density at radius 1 is 0.241 bits per heavy atom. The highest BCUT2D eigenvalue weighted by Crippen LogP contribution is 2.38. The van der Waals surface area contributed by atoms with Crippen LogP contribution in [0.1, 0.15) is 44.5 Å². The third kappa shape index (κ3) is 8.73. The Morgan fingerprint density at radius 2 is 0.483 bits per heavy atom. The summed E-state index contributed by atoms with van der Waals surface area (Å²) in [7, 11) is 0. The van der Waals surface area contributed by atoms with Crippen LogP contribution in [0.3, 0.4) is 0 Å². The number of rotatable bonds is 10. The van der Waals surface area contributed by atoms with Gasteiger partial charge in [-0.05, 0) is 170 Å². The molecule has 0 aromatic heterocycles. The van der Waals surface area contributed by atoms with Gasteiger partial charge in [0.1, 0.15) is 0 Å². The van der Waals surface area contributed by atoms with Gasteiger partial charge in [0, 0.05) is 34.1 Å². The molecule has 0 aliphatic carbocycles. The lowest BCUT2D eigenvalue weighted by Gasteiger charge is -2.26. The van der Waals surface area contributed by atoms with Crippen LogP contribution in [0.5, 0.6) is 0 Å². The largest absolute Gasteiger partial charge is 0.310 e. The van der Waals surface area contributed by atoms with Gasteiger partial charge in [-0.15, -0.1) is 0 Å². The minimum absolute atomic E-state index is 1.14. The average Bonchev–Trinajstić information content (AvgIpc) is 3.22. The van der Waals surface area contributed by atoms with Crippen LogP contribution in [0, 0.1) is 41.5 Å². The Balaban J connectivity index is 0.954. The van der Waals surface area contributed by atoms with Gasteiger partial charge in [-0.1, -0.05) is 132 Å². The molecule has 0 bridgehead atoms. The van der Waals surface area contributed by atoms with Crippen molar-refractivity contribution in [1.29, 1.82) is 0 Å². The molecule has 2 heteroatoms. The fraction of sp³-hybridized carbons (Fsp3) is 0.107. The van der Waals surface area contributed by atoms with E-state index in [-0.39, 0.29) is 0 Å². The highest BCUT2D eigenvalue weighted by Gasteiger charge is 2.15. The molecule has 8 aromatic carbocycles. The van der Waals surface area contributed by atoms with Crippen molar-refractivity contribution in [3.05, 3.63) is 226 Å². The first kappa shape index (κ1) is 38.0. The fourth-order valence-corrected chi connectivity index (χ4v) is 7.81. The zero-order valence-corrected chi connectivity index (χ0v) is 34.4. The van der Waals surface area contributed by atoms with E-state index in [0.717, 1.165) is 22.7 Å². The quantitative estimate of drug-likeness (QED) is 0.128. The van der Waals surface area contributed by atoms with Crippen molar-refractivity contribution in [1.82, 2.24) is 0 Å². The Labute approximate surface area is 345 Å². The summed E-state index contributed by atoms with van der Waals surface area (Å²) in [6.45, 7) is 12.9. The van der Waals surface area contributed by atoms with Crippen LogP contribution >= 0.6 is 0 Å². The lowest BCUT2D eigenvalue weighted by Crippen LogP contribution is -2.10. The summed E-state index contributed by atoms with van der Waals surface area (Å²) in [5.74, 6) is 0. The molecule has 8 rings (SSSR count). The summed E-state index contributed by atoms with van der Waals surface area (Å²) < 4.78 is 0. The molecule has 0 spiro atoms. The van der Waals surface area contributed by atoms with Crippen molar-refractivity contribution in [3.8, 4) is 22.3 Å².